The van der Waals surface area contributed by atoms with Gasteiger partial charge in [-0.15, -0.1) is 0 Å². The lowest BCUT2D eigenvalue weighted by molar-refractivity contribution is 0.0363. The minimum Gasteiger partial charge on any atom is -0.493 e. The predicted molar refractivity (Wildman–Crippen MR) is 102 cm³/mol. The molecule has 2 fully saturated rings. The van der Waals surface area contributed by atoms with E-state index in [4.69, 9.17) is 4.74 Å². The molecule has 2 saturated heterocycles. The molecule has 5 nitrogen and oxygen atoms in total. The Balaban J connectivity index is 1.68. The third-order valence-electron chi connectivity index (χ3n) is 5.43. The summed E-state index contributed by atoms with van der Waals surface area (Å²) in [6.45, 7) is 7.19. The number of nitrogens with one attached hydrogen (secondary N) is 1. The Morgan fingerprint density at radius 2 is 1.80 bits per heavy atom. The number of sulfonamides is 1. The highest BCUT2D eigenvalue weighted by atomic mass is 32.2. The number of piperidine rings is 2. The molecule has 0 saturated carbocycles. The number of rotatable bonds is 5. The molecule has 25 heavy (non-hydrogen) atoms. The molecule has 2 heterocycles. The van der Waals surface area contributed by atoms with E-state index in [0.29, 0.717) is 17.6 Å². The first-order chi connectivity index (χ1) is 11.8. The lowest BCUT2D eigenvalue weighted by atomic mass is 9.84. The summed E-state index contributed by atoms with van der Waals surface area (Å²) < 4.78 is 31.6. The lowest BCUT2D eigenvalue weighted by Gasteiger charge is -2.44. The molecule has 140 valence electrons. The zero-order valence-electron chi connectivity index (χ0n) is 15.5. The number of ether oxygens (including phenoxy) is 1. The summed E-state index contributed by atoms with van der Waals surface area (Å²) >= 11 is 0. The zero-order valence-corrected chi connectivity index (χ0v) is 16.4. The van der Waals surface area contributed by atoms with Gasteiger partial charge in [0.1, 0.15) is 5.75 Å². The molecule has 3 rings (SSSR count). The maximum atomic E-state index is 11.4. The van der Waals surface area contributed by atoms with E-state index in [9.17, 15) is 8.42 Å². The second-order valence-electron chi connectivity index (χ2n) is 7.63. The normalized spacial score (nSPS) is 24.6. The average molecular weight is 367 g/mol. The molecule has 0 radical (unpaired) electrons. The number of hydrogen-bond donors (Lipinski definition) is 1. The van der Waals surface area contributed by atoms with Gasteiger partial charge in [-0.2, -0.15) is 0 Å². The first kappa shape index (κ1) is 18.5. The van der Waals surface area contributed by atoms with Gasteiger partial charge >= 0.3 is 0 Å². The maximum Gasteiger partial charge on any atom is 0.229 e. The summed E-state index contributed by atoms with van der Waals surface area (Å²) in [5.74, 6) is 1.49. The van der Waals surface area contributed by atoms with E-state index in [2.05, 4.69) is 9.62 Å². The highest BCUT2D eigenvalue weighted by molar-refractivity contribution is 7.92. The van der Waals surface area contributed by atoms with Crippen LogP contribution in [-0.4, -0.2) is 45.3 Å². The SMILES string of the molecule is Cc1cc(NS(C)(=O)=O)cc(C)c1OC[C@@H]1CCCN2CCCC[C@H]12. The summed E-state index contributed by atoms with van der Waals surface area (Å²) in [5, 5.41) is 0. The zero-order chi connectivity index (χ0) is 18.0. The van der Waals surface area contributed by atoms with Gasteiger partial charge in [0, 0.05) is 17.6 Å². The fourth-order valence-electron chi connectivity index (χ4n) is 4.41. The van der Waals surface area contributed by atoms with Gasteiger partial charge in [-0.3, -0.25) is 9.62 Å². The Kier molecular flexibility index (Phi) is 5.58. The smallest absolute Gasteiger partial charge is 0.229 e. The van der Waals surface area contributed by atoms with Crippen LogP contribution in [0.25, 0.3) is 0 Å². The molecule has 0 unspecified atom stereocenters. The topological polar surface area (TPSA) is 58.6 Å². The Labute approximate surface area is 151 Å². The van der Waals surface area contributed by atoms with Crippen molar-refractivity contribution in [2.75, 3.05) is 30.7 Å². The minimum atomic E-state index is -3.26. The molecule has 2 atom stereocenters. The van der Waals surface area contributed by atoms with Gasteiger partial charge in [0.2, 0.25) is 10.0 Å². The summed E-state index contributed by atoms with van der Waals surface area (Å²) in [6, 6.07) is 4.36. The van der Waals surface area contributed by atoms with E-state index < -0.39 is 10.0 Å². The lowest BCUT2D eigenvalue weighted by Crippen LogP contribution is -2.49. The molecule has 2 aliphatic heterocycles. The van der Waals surface area contributed by atoms with E-state index in [-0.39, 0.29) is 0 Å². The third kappa shape index (κ3) is 4.67. The number of hydrogen-bond acceptors (Lipinski definition) is 4. The Hall–Kier alpha value is -1.27. The van der Waals surface area contributed by atoms with Gasteiger partial charge in [0.25, 0.3) is 0 Å². The van der Waals surface area contributed by atoms with Crippen LogP contribution in [0.2, 0.25) is 0 Å². The van der Waals surface area contributed by atoms with Crippen molar-refractivity contribution < 1.29 is 13.2 Å². The van der Waals surface area contributed by atoms with Crippen molar-refractivity contribution >= 4 is 15.7 Å². The van der Waals surface area contributed by atoms with Crippen LogP contribution in [0.4, 0.5) is 5.69 Å². The summed E-state index contributed by atoms with van der Waals surface area (Å²) in [5.41, 5.74) is 2.55. The summed E-state index contributed by atoms with van der Waals surface area (Å²) in [6.07, 6.45) is 7.63. The van der Waals surface area contributed by atoms with E-state index >= 15 is 0 Å². The van der Waals surface area contributed by atoms with Gasteiger partial charge in [0.15, 0.2) is 0 Å². The number of fused-ring (bicyclic) bond motifs is 1. The molecular formula is C19H30N2O3S. The van der Waals surface area contributed by atoms with Crippen LogP contribution >= 0.6 is 0 Å². The van der Waals surface area contributed by atoms with Crippen LogP contribution in [-0.2, 0) is 10.0 Å². The fraction of sp³-hybridized carbons (Fsp3) is 0.684. The molecule has 0 amide bonds. The van der Waals surface area contributed by atoms with Crippen LogP contribution in [0, 0.1) is 19.8 Å². The van der Waals surface area contributed by atoms with Crippen LogP contribution in [0.5, 0.6) is 5.75 Å². The second kappa shape index (κ2) is 7.54. The van der Waals surface area contributed by atoms with Crippen molar-refractivity contribution in [1.29, 1.82) is 0 Å². The Morgan fingerprint density at radius 3 is 2.48 bits per heavy atom. The van der Waals surface area contributed by atoms with Gasteiger partial charge in [-0.05, 0) is 75.9 Å². The number of aryl methyl sites for hydroxylation is 2. The Morgan fingerprint density at radius 1 is 1.12 bits per heavy atom. The highest BCUT2D eigenvalue weighted by Gasteiger charge is 2.33. The van der Waals surface area contributed by atoms with Crippen molar-refractivity contribution in [1.82, 2.24) is 4.90 Å². The molecule has 1 N–H and O–H groups in total. The van der Waals surface area contributed by atoms with E-state index in [1.807, 2.05) is 26.0 Å². The standard InChI is InChI=1S/C19H30N2O3S/c1-14-11-17(20-25(3,22)23)12-15(2)19(14)24-13-16-7-6-10-21-9-5-4-8-18(16)21/h11-12,16,18,20H,4-10,13H2,1-3H3/t16-,18+/m0/s1. The predicted octanol–water partition coefficient (Wildman–Crippen LogP) is 3.32. The van der Waals surface area contributed by atoms with Gasteiger partial charge in [0.05, 0.1) is 12.9 Å². The molecule has 1 aromatic carbocycles. The maximum absolute atomic E-state index is 11.4. The molecule has 0 aromatic heterocycles. The molecule has 0 spiro atoms. The second-order valence-corrected chi connectivity index (χ2v) is 9.37. The van der Waals surface area contributed by atoms with Crippen molar-refractivity contribution in [3.63, 3.8) is 0 Å². The van der Waals surface area contributed by atoms with Gasteiger partial charge < -0.3 is 4.74 Å². The number of benzene rings is 1. The molecule has 2 aliphatic rings. The van der Waals surface area contributed by atoms with Gasteiger partial charge in [-0.25, -0.2) is 8.42 Å². The monoisotopic (exact) mass is 366 g/mol. The van der Waals surface area contributed by atoms with Crippen molar-refractivity contribution in [3.8, 4) is 5.75 Å². The van der Waals surface area contributed by atoms with Gasteiger partial charge in [-0.1, -0.05) is 6.42 Å². The molecule has 6 heteroatoms. The number of anilines is 1. The quantitative estimate of drug-likeness (QED) is 0.868. The average Bonchev–Trinajstić information content (AvgIpc) is 2.52. The Bertz CT molecular complexity index is 692. The minimum absolute atomic E-state index is 0.598. The summed E-state index contributed by atoms with van der Waals surface area (Å²) in [4.78, 5) is 2.65. The largest absolute Gasteiger partial charge is 0.493 e. The number of nitrogens with zero attached hydrogens (tertiary/aromatic N) is 1. The van der Waals surface area contributed by atoms with E-state index in [1.165, 1.54) is 51.4 Å². The van der Waals surface area contributed by atoms with Crippen LogP contribution in [0.3, 0.4) is 0 Å². The fourth-order valence-corrected chi connectivity index (χ4v) is 4.96. The molecule has 0 bridgehead atoms. The summed E-state index contributed by atoms with van der Waals surface area (Å²) in [7, 11) is -3.26. The van der Waals surface area contributed by atoms with Crippen molar-refractivity contribution in [2.45, 2.75) is 52.0 Å². The van der Waals surface area contributed by atoms with Crippen molar-refractivity contribution in [3.05, 3.63) is 23.3 Å². The molecular weight excluding hydrogens is 336 g/mol. The van der Waals surface area contributed by atoms with Crippen LogP contribution < -0.4 is 9.46 Å². The highest BCUT2D eigenvalue weighted by Crippen LogP contribution is 2.33. The third-order valence-corrected chi connectivity index (χ3v) is 6.04. The first-order valence-corrected chi connectivity index (χ1v) is 11.2. The van der Waals surface area contributed by atoms with Crippen LogP contribution in [0.15, 0.2) is 12.1 Å². The molecule has 0 aliphatic carbocycles. The van der Waals surface area contributed by atoms with E-state index in [1.54, 1.807) is 0 Å². The van der Waals surface area contributed by atoms with Crippen molar-refractivity contribution in [2.24, 2.45) is 5.92 Å². The molecule has 1 aromatic rings. The first-order valence-electron chi connectivity index (χ1n) is 9.29. The van der Waals surface area contributed by atoms with Crippen LogP contribution in [0.1, 0.15) is 43.2 Å². The van der Waals surface area contributed by atoms with E-state index in [0.717, 1.165) is 23.5 Å².